The van der Waals surface area contributed by atoms with E-state index in [1.165, 1.54) is 0 Å². The molecule has 1 aromatic carbocycles. The zero-order valence-corrected chi connectivity index (χ0v) is 11.5. The monoisotopic (exact) mass is 284 g/mol. The van der Waals surface area contributed by atoms with Crippen LogP contribution < -0.4 is 5.73 Å². The highest BCUT2D eigenvalue weighted by atomic mass is 35.5. The zero-order chi connectivity index (χ0) is 13.1. The van der Waals surface area contributed by atoms with Crippen molar-refractivity contribution in [1.29, 1.82) is 0 Å². The van der Waals surface area contributed by atoms with Crippen molar-refractivity contribution in [2.75, 3.05) is 6.54 Å². The van der Waals surface area contributed by atoms with Crippen LogP contribution in [0, 0.1) is 6.92 Å². The van der Waals surface area contributed by atoms with E-state index in [4.69, 9.17) is 28.9 Å². The van der Waals surface area contributed by atoms with Crippen LogP contribution in [0.3, 0.4) is 0 Å². The van der Waals surface area contributed by atoms with Crippen molar-refractivity contribution in [2.45, 2.75) is 19.2 Å². The van der Waals surface area contributed by atoms with Gasteiger partial charge in [-0.3, -0.25) is 4.57 Å². The SMILES string of the molecule is Cc1cc(Cl)ccc1-n1c(CCl)nnc1CCN. The molecule has 0 fully saturated rings. The normalized spacial score (nSPS) is 10.9. The Labute approximate surface area is 116 Å². The van der Waals surface area contributed by atoms with Gasteiger partial charge < -0.3 is 5.73 Å². The van der Waals surface area contributed by atoms with Crippen molar-refractivity contribution in [3.05, 3.63) is 40.4 Å². The van der Waals surface area contributed by atoms with E-state index in [2.05, 4.69) is 10.2 Å². The second-order valence-corrected chi connectivity index (χ2v) is 4.67. The molecule has 0 saturated heterocycles. The number of halogens is 2. The van der Waals surface area contributed by atoms with E-state index in [-0.39, 0.29) is 0 Å². The number of nitrogens with two attached hydrogens (primary N) is 1. The number of benzene rings is 1. The molecule has 1 heterocycles. The molecule has 1 aromatic heterocycles. The number of aromatic nitrogens is 3. The van der Waals surface area contributed by atoms with Crippen molar-refractivity contribution in [1.82, 2.24) is 14.8 Å². The Balaban J connectivity index is 2.57. The van der Waals surface area contributed by atoms with Gasteiger partial charge in [0.15, 0.2) is 5.82 Å². The first-order valence-electron chi connectivity index (χ1n) is 5.63. The molecular formula is C12H14Cl2N4. The fourth-order valence-electron chi connectivity index (χ4n) is 1.88. The largest absolute Gasteiger partial charge is 0.330 e. The Hall–Kier alpha value is -1.10. The lowest BCUT2D eigenvalue weighted by molar-refractivity contribution is 0.819. The van der Waals surface area contributed by atoms with Crippen LogP contribution in [0.15, 0.2) is 18.2 Å². The topological polar surface area (TPSA) is 56.7 Å². The molecule has 0 spiro atoms. The number of hydrogen-bond acceptors (Lipinski definition) is 3. The first-order chi connectivity index (χ1) is 8.67. The number of nitrogens with zero attached hydrogens (tertiary/aromatic N) is 3. The molecule has 0 aliphatic rings. The molecule has 0 radical (unpaired) electrons. The molecule has 0 amide bonds. The maximum atomic E-state index is 5.97. The van der Waals surface area contributed by atoms with E-state index in [0.717, 1.165) is 17.1 Å². The predicted octanol–water partition coefficient (Wildman–Crippen LogP) is 2.47. The van der Waals surface area contributed by atoms with Gasteiger partial charge in [-0.25, -0.2) is 0 Å². The highest BCUT2D eigenvalue weighted by Gasteiger charge is 2.14. The number of alkyl halides is 1. The molecule has 0 atom stereocenters. The summed E-state index contributed by atoms with van der Waals surface area (Å²) in [7, 11) is 0. The predicted molar refractivity (Wildman–Crippen MR) is 73.4 cm³/mol. The second kappa shape index (κ2) is 5.69. The lowest BCUT2D eigenvalue weighted by Gasteiger charge is -2.12. The minimum absolute atomic E-state index is 0.305. The van der Waals surface area contributed by atoms with Crippen LogP contribution >= 0.6 is 23.2 Å². The van der Waals surface area contributed by atoms with Crippen molar-refractivity contribution in [3.63, 3.8) is 0 Å². The molecule has 18 heavy (non-hydrogen) atoms. The van der Waals surface area contributed by atoms with E-state index >= 15 is 0 Å². The van der Waals surface area contributed by atoms with Gasteiger partial charge in [-0.15, -0.1) is 21.8 Å². The van der Waals surface area contributed by atoms with Crippen LogP contribution in [0.25, 0.3) is 5.69 Å². The van der Waals surface area contributed by atoms with Gasteiger partial charge in [0.1, 0.15) is 5.82 Å². The van der Waals surface area contributed by atoms with Crippen LogP contribution in [0.2, 0.25) is 5.02 Å². The first kappa shape index (κ1) is 13.3. The zero-order valence-electron chi connectivity index (χ0n) is 10.0. The Morgan fingerprint density at radius 3 is 2.61 bits per heavy atom. The second-order valence-electron chi connectivity index (χ2n) is 3.97. The molecular weight excluding hydrogens is 271 g/mol. The fraction of sp³-hybridized carbons (Fsp3) is 0.333. The van der Waals surface area contributed by atoms with E-state index in [1.807, 2.05) is 29.7 Å². The highest BCUT2D eigenvalue weighted by molar-refractivity contribution is 6.30. The third kappa shape index (κ3) is 2.51. The van der Waals surface area contributed by atoms with Gasteiger partial charge in [-0.05, 0) is 37.2 Å². The van der Waals surface area contributed by atoms with Gasteiger partial charge >= 0.3 is 0 Å². The number of hydrogen-bond donors (Lipinski definition) is 1. The summed E-state index contributed by atoms with van der Waals surface area (Å²) in [5, 5.41) is 8.92. The van der Waals surface area contributed by atoms with E-state index in [1.54, 1.807) is 0 Å². The minimum atomic E-state index is 0.305. The van der Waals surface area contributed by atoms with Gasteiger partial charge in [0.25, 0.3) is 0 Å². The summed E-state index contributed by atoms with van der Waals surface area (Å²) in [4.78, 5) is 0. The third-order valence-corrected chi connectivity index (χ3v) is 3.16. The quantitative estimate of drug-likeness (QED) is 0.878. The smallest absolute Gasteiger partial charge is 0.152 e. The van der Waals surface area contributed by atoms with Crippen LogP contribution in [0.1, 0.15) is 17.2 Å². The summed E-state index contributed by atoms with van der Waals surface area (Å²) in [6, 6.07) is 5.69. The molecule has 0 saturated carbocycles. The molecule has 0 aliphatic heterocycles. The molecule has 6 heteroatoms. The Bertz CT molecular complexity index is 551. The molecule has 2 rings (SSSR count). The molecule has 0 bridgehead atoms. The third-order valence-electron chi connectivity index (χ3n) is 2.68. The maximum absolute atomic E-state index is 5.97. The summed E-state index contributed by atoms with van der Waals surface area (Å²) in [6.45, 7) is 2.51. The van der Waals surface area contributed by atoms with Gasteiger partial charge in [0, 0.05) is 11.4 Å². The minimum Gasteiger partial charge on any atom is -0.330 e. The van der Waals surface area contributed by atoms with Gasteiger partial charge in [-0.2, -0.15) is 0 Å². The Kier molecular flexibility index (Phi) is 4.22. The standard InChI is InChI=1S/C12H14Cl2N4/c1-8-6-9(14)2-3-10(8)18-11(4-5-15)16-17-12(18)7-13/h2-3,6H,4-5,7,15H2,1H3. The number of rotatable bonds is 4. The van der Waals surface area contributed by atoms with Gasteiger partial charge in [-0.1, -0.05) is 11.6 Å². The summed E-state index contributed by atoms with van der Waals surface area (Å²) in [6.07, 6.45) is 0.659. The van der Waals surface area contributed by atoms with Crippen molar-refractivity contribution < 1.29 is 0 Å². The van der Waals surface area contributed by atoms with Crippen molar-refractivity contribution in [2.24, 2.45) is 5.73 Å². The lowest BCUT2D eigenvalue weighted by atomic mass is 10.2. The molecule has 0 aliphatic carbocycles. The van der Waals surface area contributed by atoms with Crippen LogP contribution in [-0.2, 0) is 12.3 Å². The van der Waals surface area contributed by atoms with Crippen LogP contribution in [0.5, 0.6) is 0 Å². The average molecular weight is 285 g/mol. The van der Waals surface area contributed by atoms with Crippen molar-refractivity contribution in [3.8, 4) is 5.69 Å². The summed E-state index contributed by atoms with van der Waals surface area (Å²) in [5.74, 6) is 1.84. The molecule has 0 unspecified atom stereocenters. The van der Waals surface area contributed by atoms with Gasteiger partial charge in [0.2, 0.25) is 0 Å². The maximum Gasteiger partial charge on any atom is 0.152 e. The van der Waals surface area contributed by atoms with E-state index in [9.17, 15) is 0 Å². The van der Waals surface area contributed by atoms with E-state index in [0.29, 0.717) is 29.7 Å². The van der Waals surface area contributed by atoms with Crippen LogP contribution in [-0.4, -0.2) is 21.3 Å². The summed E-state index contributed by atoms with van der Waals surface area (Å²) < 4.78 is 1.95. The number of aryl methyl sites for hydroxylation is 1. The summed E-state index contributed by atoms with van der Waals surface area (Å²) in [5.41, 5.74) is 7.62. The van der Waals surface area contributed by atoms with E-state index < -0.39 is 0 Å². The molecule has 96 valence electrons. The fourth-order valence-corrected chi connectivity index (χ4v) is 2.28. The lowest BCUT2D eigenvalue weighted by Crippen LogP contribution is -2.11. The summed E-state index contributed by atoms with van der Waals surface area (Å²) >= 11 is 11.9. The first-order valence-corrected chi connectivity index (χ1v) is 6.54. The Morgan fingerprint density at radius 2 is 2.00 bits per heavy atom. The van der Waals surface area contributed by atoms with Crippen molar-refractivity contribution >= 4 is 23.2 Å². The molecule has 2 aromatic rings. The molecule has 4 nitrogen and oxygen atoms in total. The average Bonchev–Trinajstić information content (AvgIpc) is 2.73. The van der Waals surface area contributed by atoms with Crippen LogP contribution in [0.4, 0.5) is 0 Å². The van der Waals surface area contributed by atoms with Gasteiger partial charge in [0.05, 0.1) is 11.6 Å². The highest BCUT2D eigenvalue weighted by Crippen LogP contribution is 2.22. The Morgan fingerprint density at radius 1 is 1.28 bits per heavy atom. The molecule has 2 N–H and O–H groups in total.